The number of hydrogen-bond donors (Lipinski definition) is 2. The Bertz CT molecular complexity index is 202. The van der Waals surface area contributed by atoms with Gasteiger partial charge in [-0.2, -0.15) is 11.8 Å². The molecule has 0 bridgehead atoms. The summed E-state index contributed by atoms with van der Waals surface area (Å²) >= 11 is 1.82. The van der Waals surface area contributed by atoms with Crippen molar-refractivity contribution in [1.82, 2.24) is 10.6 Å². The zero-order chi connectivity index (χ0) is 12.6. The zero-order valence-electron chi connectivity index (χ0n) is 11.2. The van der Waals surface area contributed by atoms with Crippen LogP contribution in [0.2, 0.25) is 0 Å². The van der Waals surface area contributed by atoms with Crippen LogP contribution in [0.4, 0.5) is 0 Å². The first-order valence-corrected chi connectivity index (χ1v) is 7.25. The van der Waals surface area contributed by atoms with Gasteiger partial charge in [0.05, 0.1) is 0 Å². The summed E-state index contributed by atoms with van der Waals surface area (Å²) in [5, 5.41) is 6.26. The van der Waals surface area contributed by atoms with Crippen LogP contribution >= 0.6 is 11.8 Å². The Morgan fingerprint density at radius 3 is 2.50 bits per heavy atom. The van der Waals surface area contributed by atoms with Crippen LogP contribution in [-0.4, -0.2) is 36.5 Å². The highest BCUT2D eigenvalue weighted by atomic mass is 32.2. The van der Waals surface area contributed by atoms with Gasteiger partial charge in [0, 0.05) is 25.0 Å². The van der Waals surface area contributed by atoms with E-state index < -0.39 is 0 Å². The number of rotatable bonds is 7. The molecule has 0 radical (unpaired) electrons. The summed E-state index contributed by atoms with van der Waals surface area (Å²) in [7, 11) is 0. The smallest absolute Gasteiger partial charge is 0.221 e. The number of thioether (sulfide) groups is 1. The van der Waals surface area contributed by atoms with E-state index in [0.717, 1.165) is 18.8 Å². The fourth-order valence-electron chi connectivity index (χ4n) is 1.27. The summed E-state index contributed by atoms with van der Waals surface area (Å²) in [5.41, 5.74) is 0.0897. The molecule has 0 rings (SSSR count). The second-order valence-corrected chi connectivity index (χ2v) is 6.20. The Morgan fingerprint density at radius 1 is 1.38 bits per heavy atom. The van der Waals surface area contributed by atoms with Crippen LogP contribution in [0.25, 0.3) is 0 Å². The maximum absolute atomic E-state index is 11.5. The quantitative estimate of drug-likeness (QED) is 0.720. The molecule has 4 heteroatoms. The number of carbonyl (C=O) groups is 1. The van der Waals surface area contributed by atoms with Crippen LogP contribution in [0.5, 0.6) is 0 Å². The van der Waals surface area contributed by atoms with Gasteiger partial charge in [0.2, 0.25) is 5.91 Å². The largest absolute Gasteiger partial charge is 0.356 e. The maximum Gasteiger partial charge on any atom is 0.221 e. The monoisotopic (exact) mass is 246 g/mol. The average molecular weight is 246 g/mol. The molecule has 16 heavy (non-hydrogen) atoms. The molecule has 0 aliphatic rings. The van der Waals surface area contributed by atoms with E-state index in [1.54, 1.807) is 0 Å². The van der Waals surface area contributed by atoms with Crippen molar-refractivity contribution in [1.29, 1.82) is 0 Å². The van der Waals surface area contributed by atoms with E-state index in [0.29, 0.717) is 12.3 Å². The van der Waals surface area contributed by atoms with Gasteiger partial charge in [-0.05, 0) is 38.7 Å². The van der Waals surface area contributed by atoms with Crippen LogP contribution in [-0.2, 0) is 4.79 Å². The lowest BCUT2D eigenvalue weighted by atomic mass is 10.1. The molecule has 1 unspecified atom stereocenters. The van der Waals surface area contributed by atoms with Crippen molar-refractivity contribution in [3.8, 4) is 0 Å². The molecule has 0 heterocycles. The van der Waals surface area contributed by atoms with E-state index in [-0.39, 0.29) is 11.4 Å². The first-order chi connectivity index (χ1) is 7.35. The Kier molecular flexibility index (Phi) is 7.85. The first-order valence-electron chi connectivity index (χ1n) is 5.86. The molecule has 3 nitrogen and oxygen atoms in total. The van der Waals surface area contributed by atoms with Gasteiger partial charge in [-0.1, -0.05) is 6.92 Å². The second-order valence-electron chi connectivity index (χ2n) is 5.29. The normalized spacial score (nSPS) is 13.6. The van der Waals surface area contributed by atoms with Crippen molar-refractivity contribution >= 4 is 17.7 Å². The van der Waals surface area contributed by atoms with Gasteiger partial charge in [0.15, 0.2) is 0 Å². The summed E-state index contributed by atoms with van der Waals surface area (Å²) in [6.07, 6.45) is 2.65. The van der Waals surface area contributed by atoms with Gasteiger partial charge in [0.25, 0.3) is 0 Å². The molecule has 0 aliphatic heterocycles. The van der Waals surface area contributed by atoms with Gasteiger partial charge in [-0.15, -0.1) is 0 Å². The minimum atomic E-state index is 0.0897. The van der Waals surface area contributed by atoms with Crippen molar-refractivity contribution in [3.63, 3.8) is 0 Å². The Balaban J connectivity index is 3.52. The number of carbonyl (C=O) groups excluding carboxylic acids is 1. The predicted molar refractivity (Wildman–Crippen MR) is 72.9 cm³/mol. The molecule has 2 N–H and O–H groups in total. The molecular weight excluding hydrogens is 220 g/mol. The molecule has 0 aromatic rings. The van der Waals surface area contributed by atoms with E-state index in [4.69, 9.17) is 0 Å². The van der Waals surface area contributed by atoms with E-state index >= 15 is 0 Å². The molecular formula is C12H26N2OS. The summed E-state index contributed by atoms with van der Waals surface area (Å²) in [6.45, 7) is 9.99. The summed E-state index contributed by atoms with van der Waals surface area (Å²) in [5.74, 6) is 1.79. The molecule has 0 aliphatic carbocycles. The van der Waals surface area contributed by atoms with E-state index in [2.05, 4.69) is 44.6 Å². The molecule has 1 amide bonds. The first kappa shape index (κ1) is 15.8. The third-order valence-corrected chi connectivity index (χ3v) is 3.01. The van der Waals surface area contributed by atoms with Crippen LogP contribution in [0.15, 0.2) is 0 Å². The van der Waals surface area contributed by atoms with E-state index in [9.17, 15) is 4.79 Å². The molecule has 0 spiro atoms. The van der Waals surface area contributed by atoms with Crippen molar-refractivity contribution in [2.45, 2.75) is 39.7 Å². The molecule has 96 valence electrons. The zero-order valence-corrected chi connectivity index (χ0v) is 12.0. The minimum absolute atomic E-state index is 0.0897. The Hall–Kier alpha value is -0.220. The van der Waals surface area contributed by atoms with Crippen LogP contribution in [0.1, 0.15) is 34.1 Å². The molecule has 0 aromatic carbocycles. The molecule has 0 saturated carbocycles. The van der Waals surface area contributed by atoms with E-state index in [1.807, 2.05) is 11.8 Å². The van der Waals surface area contributed by atoms with Crippen LogP contribution < -0.4 is 10.6 Å². The topological polar surface area (TPSA) is 41.1 Å². The number of amides is 1. The van der Waals surface area contributed by atoms with Crippen LogP contribution in [0, 0.1) is 5.92 Å². The lowest BCUT2D eigenvalue weighted by Gasteiger charge is -2.20. The van der Waals surface area contributed by atoms with Crippen molar-refractivity contribution in [2.75, 3.05) is 25.1 Å². The minimum Gasteiger partial charge on any atom is -0.356 e. The predicted octanol–water partition coefficient (Wildman–Crippen LogP) is 1.88. The van der Waals surface area contributed by atoms with Crippen molar-refractivity contribution in [3.05, 3.63) is 0 Å². The number of hydrogen-bond acceptors (Lipinski definition) is 3. The highest BCUT2D eigenvalue weighted by Gasteiger charge is 2.10. The summed E-state index contributed by atoms with van der Waals surface area (Å²) in [6, 6.07) is 0. The van der Waals surface area contributed by atoms with Crippen LogP contribution in [0.3, 0.4) is 0 Å². The van der Waals surface area contributed by atoms with Crippen molar-refractivity contribution in [2.24, 2.45) is 5.92 Å². The van der Waals surface area contributed by atoms with Gasteiger partial charge >= 0.3 is 0 Å². The summed E-state index contributed by atoms with van der Waals surface area (Å²) < 4.78 is 0. The lowest BCUT2D eigenvalue weighted by Crippen LogP contribution is -2.39. The fraction of sp³-hybridized carbons (Fsp3) is 0.917. The summed E-state index contributed by atoms with van der Waals surface area (Å²) in [4.78, 5) is 11.5. The molecule has 1 atom stereocenters. The highest BCUT2D eigenvalue weighted by Crippen LogP contribution is 2.02. The highest BCUT2D eigenvalue weighted by molar-refractivity contribution is 7.98. The molecule has 0 saturated heterocycles. The van der Waals surface area contributed by atoms with Gasteiger partial charge in [-0.25, -0.2) is 0 Å². The van der Waals surface area contributed by atoms with Gasteiger partial charge in [0.1, 0.15) is 0 Å². The number of nitrogens with one attached hydrogen (secondary N) is 2. The standard InChI is InChI=1S/C12H26N2OS/c1-10(9-16-5)8-13-11(15)6-7-14-12(2,3)4/h10,14H,6-9H2,1-5H3,(H,13,15). The third kappa shape index (κ3) is 10.3. The molecule has 0 aromatic heterocycles. The maximum atomic E-state index is 11.5. The fourth-order valence-corrected chi connectivity index (χ4v) is 1.96. The lowest BCUT2D eigenvalue weighted by molar-refractivity contribution is -0.121. The van der Waals surface area contributed by atoms with E-state index in [1.165, 1.54) is 0 Å². The second kappa shape index (κ2) is 7.96. The SMILES string of the molecule is CSCC(C)CNC(=O)CCNC(C)(C)C. The molecule has 0 fully saturated rings. The Morgan fingerprint density at radius 2 is 2.00 bits per heavy atom. The Labute approximate surface area is 104 Å². The van der Waals surface area contributed by atoms with Gasteiger partial charge < -0.3 is 10.6 Å². The van der Waals surface area contributed by atoms with Gasteiger partial charge in [-0.3, -0.25) is 4.79 Å². The third-order valence-electron chi connectivity index (χ3n) is 2.11. The average Bonchev–Trinajstić information content (AvgIpc) is 2.13. The van der Waals surface area contributed by atoms with Crippen molar-refractivity contribution < 1.29 is 4.79 Å².